The summed E-state index contributed by atoms with van der Waals surface area (Å²) in [6.07, 6.45) is 3.38. The first-order valence-electron chi connectivity index (χ1n) is 10.8. The Morgan fingerprint density at radius 3 is 2.71 bits per heavy atom. The van der Waals surface area contributed by atoms with Crippen LogP contribution in [0, 0.1) is 0 Å². The molecule has 168 valence electrons. The quantitative estimate of drug-likeness (QED) is 0.671. The van der Waals surface area contributed by atoms with Gasteiger partial charge in [-0.3, -0.25) is 4.79 Å². The van der Waals surface area contributed by atoms with Crippen molar-refractivity contribution in [2.45, 2.75) is 55.3 Å². The summed E-state index contributed by atoms with van der Waals surface area (Å²) in [5, 5.41) is 4.24. The number of sulfone groups is 1. The second kappa shape index (κ2) is 9.08. The maximum Gasteiger partial charge on any atom is 0.229 e. The number of nitrogens with zero attached hydrogens (tertiary/aromatic N) is 3. The molecule has 0 saturated carbocycles. The van der Waals surface area contributed by atoms with E-state index in [2.05, 4.69) is 10.1 Å². The number of piperidine rings is 1. The molecule has 2 aliphatic heterocycles. The first-order chi connectivity index (χ1) is 14.9. The highest BCUT2D eigenvalue weighted by Crippen LogP contribution is 2.34. The number of aromatic nitrogens is 2. The normalized spacial score (nSPS) is 23.1. The smallest absolute Gasteiger partial charge is 0.229 e. The first-order valence-corrected chi connectivity index (χ1v) is 12.5. The van der Waals surface area contributed by atoms with E-state index in [-0.39, 0.29) is 28.9 Å². The number of likely N-dealkylation sites (tertiary alicyclic amines) is 1. The largest absolute Gasteiger partial charge is 0.381 e. The molecule has 9 heteroatoms. The summed E-state index contributed by atoms with van der Waals surface area (Å²) >= 11 is 0. The van der Waals surface area contributed by atoms with Gasteiger partial charge in [0.2, 0.25) is 11.8 Å². The average Bonchev–Trinajstić information content (AvgIpc) is 3.30. The van der Waals surface area contributed by atoms with Crippen LogP contribution in [0.4, 0.5) is 0 Å². The van der Waals surface area contributed by atoms with Gasteiger partial charge in [0.05, 0.1) is 10.6 Å². The average molecular weight is 448 g/mol. The summed E-state index contributed by atoms with van der Waals surface area (Å²) in [7, 11) is -3.48. The Morgan fingerprint density at radius 1 is 1.23 bits per heavy atom. The standard InChI is InChI=1S/C22H29N3O5S/c1-22(21-23-20(30-24-21)17-8-13-29-14-9-17)11-5-12-25(16-22)19(26)10-15-31(27,28)18-6-3-2-4-7-18/h2-4,6-7,17H,5,8-16H2,1H3. The fourth-order valence-corrected chi connectivity index (χ4v) is 5.60. The third-order valence-electron chi connectivity index (χ3n) is 6.29. The number of amides is 1. The second-order valence-electron chi connectivity index (χ2n) is 8.70. The molecule has 0 bridgehead atoms. The molecule has 1 unspecified atom stereocenters. The molecule has 0 spiro atoms. The van der Waals surface area contributed by atoms with Gasteiger partial charge in [-0.2, -0.15) is 4.98 Å². The fraction of sp³-hybridized carbons (Fsp3) is 0.591. The van der Waals surface area contributed by atoms with E-state index in [1.54, 1.807) is 35.2 Å². The molecule has 1 atom stereocenters. The van der Waals surface area contributed by atoms with Crippen molar-refractivity contribution in [1.82, 2.24) is 15.0 Å². The summed E-state index contributed by atoms with van der Waals surface area (Å²) < 4.78 is 36.0. The highest BCUT2D eigenvalue weighted by Gasteiger charge is 2.39. The molecule has 1 aromatic carbocycles. The minimum atomic E-state index is -3.48. The van der Waals surface area contributed by atoms with Crippen LogP contribution in [0.25, 0.3) is 0 Å². The van der Waals surface area contributed by atoms with Crippen LogP contribution in [0.5, 0.6) is 0 Å². The molecule has 31 heavy (non-hydrogen) atoms. The number of carbonyl (C=O) groups excluding carboxylic acids is 1. The first kappa shape index (κ1) is 22.0. The minimum absolute atomic E-state index is 0.0348. The molecule has 2 aliphatic rings. The zero-order chi connectivity index (χ0) is 21.9. The monoisotopic (exact) mass is 447 g/mol. The molecule has 1 aromatic heterocycles. The number of benzene rings is 1. The number of rotatable bonds is 6. The molecule has 4 rings (SSSR count). The molecular formula is C22H29N3O5S. The predicted molar refractivity (Wildman–Crippen MR) is 113 cm³/mol. The van der Waals surface area contributed by atoms with E-state index < -0.39 is 15.3 Å². The van der Waals surface area contributed by atoms with Crippen molar-refractivity contribution in [3.05, 3.63) is 42.0 Å². The van der Waals surface area contributed by atoms with E-state index in [0.29, 0.717) is 38.0 Å². The lowest BCUT2D eigenvalue weighted by atomic mass is 9.81. The Labute approximate surface area is 182 Å². The summed E-state index contributed by atoms with van der Waals surface area (Å²) in [5.74, 6) is 1.15. The van der Waals surface area contributed by atoms with E-state index in [1.807, 2.05) is 6.92 Å². The maximum absolute atomic E-state index is 12.8. The lowest BCUT2D eigenvalue weighted by Gasteiger charge is -2.38. The number of hydrogen-bond acceptors (Lipinski definition) is 7. The Bertz CT molecular complexity index is 1000. The highest BCUT2D eigenvalue weighted by atomic mass is 32.2. The third-order valence-corrected chi connectivity index (χ3v) is 8.02. The maximum atomic E-state index is 12.8. The van der Waals surface area contributed by atoms with Crippen LogP contribution in [-0.2, 0) is 24.8 Å². The zero-order valence-electron chi connectivity index (χ0n) is 17.8. The fourth-order valence-electron chi connectivity index (χ4n) is 4.35. The van der Waals surface area contributed by atoms with Gasteiger partial charge in [0.25, 0.3) is 0 Å². The molecular weight excluding hydrogens is 418 g/mol. The lowest BCUT2D eigenvalue weighted by molar-refractivity contribution is -0.133. The molecule has 3 heterocycles. The van der Waals surface area contributed by atoms with Crippen molar-refractivity contribution in [1.29, 1.82) is 0 Å². The Morgan fingerprint density at radius 2 is 1.97 bits per heavy atom. The molecule has 2 saturated heterocycles. The van der Waals surface area contributed by atoms with E-state index in [9.17, 15) is 13.2 Å². The molecule has 0 N–H and O–H groups in total. The van der Waals surface area contributed by atoms with Gasteiger partial charge in [0.1, 0.15) is 0 Å². The van der Waals surface area contributed by atoms with Crippen LogP contribution >= 0.6 is 0 Å². The topological polar surface area (TPSA) is 103 Å². The predicted octanol–water partition coefficient (Wildman–Crippen LogP) is 2.71. The summed E-state index contributed by atoms with van der Waals surface area (Å²) in [4.78, 5) is 19.5. The van der Waals surface area contributed by atoms with Gasteiger partial charge >= 0.3 is 0 Å². The van der Waals surface area contributed by atoms with Crippen LogP contribution in [0.3, 0.4) is 0 Å². The zero-order valence-corrected chi connectivity index (χ0v) is 18.6. The molecule has 2 aromatic rings. The van der Waals surface area contributed by atoms with Crippen molar-refractivity contribution in [2.24, 2.45) is 0 Å². The van der Waals surface area contributed by atoms with Gasteiger partial charge in [-0.1, -0.05) is 30.3 Å². The van der Waals surface area contributed by atoms with Gasteiger partial charge in [-0.15, -0.1) is 0 Å². The van der Waals surface area contributed by atoms with Gasteiger partial charge in [-0.25, -0.2) is 8.42 Å². The summed E-state index contributed by atoms with van der Waals surface area (Å²) in [6, 6.07) is 8.26. The minimum Gasteiger partial charge on any atom is -0.381 e. The summed E-state index contributed by atoms with van der Waals surface area (Å²) in [6.45, 7) is 4.53. The highest BCUT2D eigenvalue weighted by molar-refractivity contribution is 7.91. The van der Waals surface area contributed by atoms with Gasteiger partial charge in [0.15, 0.2) is 15.7 Å². The van der Waals surface area contributed by atoms with E-state index in [0.717, 1.165) is 25.7 Å². The molecule has 2 fully saturated rings. The van der Waals surface area contributed by atoms with Crippen molar-refractivity contribution >= 4 is 15.7 Å². The van der Waals surface area contributed by atoms with Gasteiger partial charge in [0, 0.05) is 44.1 Å². The van der Waals surface area contributed by atoms with Gasteiger partial charge < -0.3 is 14.2 Å². The molecule has 0 radical (unpaired) electrons. The van der Waals surface area contributed by atoms with Crippen molar-refractivity contribution in [3.63, 3.8) is 0 Å². The number of carbonyl (C=O) groups is 1. The Kier molecular flexibility index (Phi) is 6.43. The number of hydrogen-bond donors (Lipinski definition) is 0. The summed E-state index contributed by atoms with van der Waals surface area (Å²) in [5.41, 5.74) is -0.404. The van der Waals surface area contributed by atoms with E-state index in [1.165, 1.54) is 0 Å². The van der Waals surface area contributed by atoms with Crippen LogP contribution in [0.1, 0.15) is 56.7 Å². The second-order valence-corrected chi connectivity index (χ2v) is 10.8. The molecule has 1 amide bonds. The Balaban J connectivity index is 1.39. The van der Waals surface area contributed by atoms with Crippen molar-refractivity contribution in [2.75, 3.05) is 32.1 Å². The van der Waals surface area contributed by atoms with Crippen molar-refractivity contribution < 1.29 is 22.5 Å². The third kappa shape index (κ3) is 4.98. The van der Waals surface area contributed by atoms with E-state index in [4.69, 9.17) is 9.26 Å². The molecule has 8 nitrogen and oxygen atoms in total. The van der Waals surface area contributed by atoms with Crippen LogP contribution in [0.15, 0.2) is 39.8 Å². The van der Waals surface area contributed by atoms with Crippen molar-refractivity contribution in [3.8, 4) is 0 Å². The van der Waals surface area contributed by atoms with Gasteiger partial charge in [-0.05, 0) is 37.8 Å². The number of ether oxygens (including phenoxy) is 1. The van der Waals surface area contributed by atoms with Crippen LogP contribution < -0.4 is 0 Å². The SMILES string of the molecule is CC1(c2noc(C3CCOCC3)n2)CCCN(C(=O)CCS(=O)(=O)c2ccccc2)C1. The molecule has 0 aliphatic carbocycles. The lowest BCUT2D eigenvalue weighted by Crippen LogP contribution is -2.47. The van der Waals surface area contributed by atoms with Crippen LogP contribution in [0.2, 0.25) is 0 Å². The Hall–Kier alpha value is -2.26. The van der Waals surface area contributed by atoms with Crippen LogP contribution in [-0.4, -0.2) is 61.4 Å². The van der Waals surface area contributed by atoms with E-state index >= 15 is 0 Å².